The Balaban J connectivity index is 2.25. The van der Waals surface area contributed by atoms with Gasteiger partial charge < -0.3 is 0 Å². The lowest BCUT2D eigenvalue weighted by Crippen LogP contribution is -2.14. The first-order valence-corrected chi connectivity index (χ1v) is 7.82. The van der Waals surface area contributed by atoms with E-state index in [4.69, 9.17) is 0 Å². The van der Waals surface area contributed by atoms with Crippen molar-refractivity contribution >= 4 is 15.7 Å². The van der Waals surface area contributed by atoms with E-state index in [9.17, 15) is 8.42 Å². The molecule has 0 unspecified atom stereocenters. The number of rotatable bonds is 3. The molecule has 2 rings (SSSR count). The fraction of sp³-hybridized carbons (Fsp3) is 0.357. The second-order valence-corrected chi connectivity index (χ2v) is 7.44. The Labute approximate surface area is 119 Å². The van der Waals surface area contributed by atoms with E-state index in [2.05, 4.69) is 35.7 Å². The molecule has 2 N–H and O–H groups in total. The largest absolute Gasteiger partial charge is 0.281 e. The molecule has 0 radical (unpaired) electrons. The van der Waals surface area contributed by atoms with Crippen molar-refractivity contribution in [2.24, 2.45) is 0 Å². The van der Waals surface area contributed by atoms with Gasteiger partial charge in [0.15, 0.2) is 0 Å². The molecule has 0 amide bonds. The van der Waals surface area contributed by atoms with E-state index in [1.54, 1.807) is 19.1 Å². The zero-order valence-corrected chi connectivity index (χ0v) is 12.9. The number of nitrogens with one attached hydrogen (secondary N) is 2. The number of nitrogens with zero attached hydrogens (tertiary/aromatic N) is 1. The van der Waals surface area contributed by atoms with Gasteiger partial charge in [-0.15, -0.1) is 0 Å². The summed E-state index contributed by atoms with van der Waals surface area (Å²) in [7, 11) is -3.59. The minimum Gasteiger partial charge on any atom is -0.281 e. The average Bonchev–Trinajstić information content (AvgIpc) is 2.75. The van der Waals surface area contributed by atoms with Gasteiger partial charge >= 0.3 is 0 Å². The standard InChI is InChI=1S/C14H19N3O2S/c1-10-13(9-15-16-10)20(18,19)17-12-7-5-11(6-8-12)14(2,3)4/h5-9,17H,1-4H3,(H,15,16). The fourth-order valence-corrected chi connectivity index (χ4v) is 3.06. The number of anilines is 1. The van der Waals surface area contributed by atoms with E-state index in [0.29, 0.717) is 11.4 Å². The van der Waals surface area contributed by atoms with E-state index >= 15 is 0 Å². The molecular formula is C14H19N3O2S. The first-order valence-electron chi connectivity index (χ1n) is 6.33. The van der Waals surface area contributed by atoms with Crippen LogP contribution >= 0.6 is 0 Å². The van der Waals surface area contributed by atoms with Gasteiger partial charge in [0.25, 0.3) is 10.0 Å². The van der Waals surface area contributed by atoms with Crippen LogP contribution in [0.4, 0.5) is 5.69 Å². The molecule has 0 bridgehead atoms. The van der Waals surface area contributed by atoms with Crippen molar-refractivity contribution in [1.82, 2.24) is 10.2 Å². The molecule has 108 valence electrons. The van der Waals surface area contributed by atoms with Gasteiger partial charge in [0, 0.05) is 5.69 Å². The molecule has 0 spiro atoms. The smallest absolute Gasteiger partial charge is 0.265 e. The number of benzene rings is 1. The molecule has 0 saturated carbocycles. The normalized spacial score (nSPS) is 12.4. The second kappa shape index (κ2) is 4.94. The summed E-state index contributed by atoms with van der Waals surface area (Å²) in [5.41, 5.74) is 2.25. The van der Waals surface area contributed by atoms with Crippen molar-refractivity contribution in [2.45, 2.75) is 38.0 Å². The maximum Gasteiger partial charge on any atom is 0.265 e. The van der Waals surface area contributed by atoms with Crippen LogP contribution in [0.5, 0.6) is 0 Å². The van der Waals surface area contributed by atoms with Crippen molar-refractivity contribution in [2.75, 3.05) is 4.72 Å². The Morgan fingerprint density at radius 2 is 1.75 bits per heavy atom. The maximum absolute atomic E-state index is 12.2. The third-order valence-corrected chi connectivity index (χ3v) is 4.57. The maximum atomic E-state index is 12.2. The van der Waals surface area contributed by atoms with Crippen LogP contribution in [0.3, 0.4) is 0 Å². The van der Waals surface area contributed by atoms with Gasteiger partial charge in [-0.1, -0.05) is 32.9 Å². The Morgan fingerprint density at radius 1 is 1.15 bits per heavy atom. The van der Waals surface area contributed by atoms with Crippen molar-refractivity contribution < 1.29 is 8.42 Å². The zero-order chi connectivity index (χ0) is 15.0. The first kappa shape index (κ1) is 14.6. The highest BCUT2D eigenvalue weighted by Crippen LogP contribution is 2.24. The minimum absolute atomic E-state index is 0.0402. The van der Waals surface area contributed by atoms with Crippen LogP contribution in [-0.4, -0.2) is 18.6 Å². The van der Waals surface area contributed by atoms with Gasteiger partial charge in [0.2, 0.25) is 0 Å². The van der Waals surface area contributed by atoms with E-state index < -0.39 is 10.0 Å². The lowest BCUT2D eigenvalue weighted by atomic mass is 9.87. The molecule has 1 aromatic carbocycles. The minimum atomic E-state index is -3.59. The zero-order valence-electron chi connectivity index (χ0n) is 12.1. The monoisotopic (exact) mass is 293 g/mol. The lowest BCUT2D eigenvalue weighted by molar-refractivity contribution is 0.590. The highest BCUT2D eigenvalue weighted by molar-refractivity contribution is 7.92. The third-order valence-electron chi connectivity index (χ3n) is 3.08. The van der Waals surface area contributed by atoms with Crippen LogP contribution in [0.15, 0.2) is 35.4 Å². The van der Waals surface area contributed by atoms with Crippen LogP contribution in [0.2, 0.25) is 0 Å². The Hall–Kier alpha value is -1.82. The molecule has 0 aliphatic rings. The van der Waals surface area contributed by atoms with Gasteiger partial charge in [-0.05, 0) is 30.0 Å². The van der Waals surface area contributed by atoms with Crippen LogP contribution < -0.4 is 4.72 Å². The predicted molar refractivity (Wildman–Crippen MR) is 79.3 cm³/mol. The summed E-state index contributed by atoms with van der Waals surface area (Å²) >= 11 is 0. The molecule has 0 aliphatic carbocycles. The molecule has 0 aliphatic heterocycles. The van der Waals surface area contributed by atoms with Crippen LogP contribution in [0.25, 0.3) is 0 Å². The van der Waals surface area contributed by atoms with E-state index in [0.717, 1.165) is 5.56 Å². The first-order chi connectivity index (χ1) is 9.20. The number of hydrogen-bond acceptors (Lipinski definition) is 3. The number of aryl methyl sites for hydroxylation is 1. The van der Waals surface area contributed by atoms with Gasteiger partial charge in [0.1, 0.15) is 4.90 Å². The van der Waals surface area contributed by atoms with E-state index in [1.165, 1.54) is 6.20 Å². The summed E-state index contributed by atoms with van der Waals surface area (Å²) < 4.78 is 26.9. The Kier molecular flexibility index (Phi) is 3.60. The molecule has 1 aromatic heterocycles. The summed E-state index contributed by atoms with van der Waals surface area (Å²) in [4.78, 5) is 0.164. The fourth-order valence-electron chi connectivity index (χ4n) is 1.86. The van der Waals surface area contributed by atoms with Crippen molar-refractivity contribution in [3.05, 3.63) is 41.7 Å². The van der Waals surface area contributed by atoms with Crippen molar-refractivity contribution in [1.29, 1.82) is 0 Å². The summed E-state index contributed by atoms with van der Waals surface area (Å²) in [5, 5.41) is 6.35. The molecule has 20 heavy (non-hydrogen) atoms. The number of aromatic nitrogens is 2. The van der Waals surface area contributed by atoms with E-state index in [-0.39, 0.29) is 10.3 Å². The molecular weight excluding hydrogens is 274 g/mol. The molecule has 5 nitrogen and oxygen atoms in total. The summed E-state index contributed by atoms with van der Waals surface area (Å²) in [6, 6.07) is 7.40. The number of sulfonamides is 1. The molecule has 6 heteroatoms. The molecule has 0 saturated heterocycles. The Bertz CT molecular complexity index is 695. The third kappa shape index (κ3) is 3.01. The predicted octanol–water partition coefficient (Wildman–Crippen LogP) is 2.82. The summed E-state index contributed by atoms with van der Waals surface area (Å²) in [5.74, 6) is 0. The average molecular weight is 293 g/mol. The van der Waals surface area contributed by atoms with Crippen molar-refractivity contribution in [3.8, 4) is 0 Å². The number of hydrogen-bond donors (Lipinski definition) is 2. The number of H-pyrrole nitrogens is 1. The molecule has 1 heterocycles. The van der Waals surface area contributed by atoms with Crippen molar-refractivity contribution in [3.63, 3.8) is 0 Å². The second-order valence-electron chi connectivity index (χ2n) is 5.79. The molecule has 0 fully saturated rings. The van der Waals surface area contributed by atoms with Gasteiger partial charge in [0.05, 0.1) is 11.9 Å². The van der Waals surface area contributed by atoms with Crippen LogP contribution in [0, 0.1) is 6.92 Å². The quantitative estimate of drug-likeness (QED) is 0.913. The topological polar surface area (TPSA) is 74.8 Å². The van der Waals surface area contributed by atoms with Gasteiger partial charge in [-0.2, -0.15) is 5.10 Å². The summed E-state index contributed by atoms with van der Waals surface area (Å²) in [6.07, 6.45) is 1.31. The highest BCUT2D eigenvalue weighted by Gasteiger charge is 2.19. The lowest BCUT2D eigenvalue weighted by Gasteiger charge is -2.19. The highest BCUT2D eigenvalue weighted by atomic mass is 32.2. The van der Waals surface area contributed by atoms with Gasteiger partial charge in [-0.3, -0.25) is 9.82 Å². The SMILES string of the molecule is Cc1[nH]ncc1S(=O)(=O)Nc1ccc(C(C)(C)C)cc1. The van der Waals surface area contributed by atoms with Crippen LogP contribution in [-0.2, 0) is 15.4 Å². The number of aromatic amines is 1. The Morgan fingerprint density at radius 3 is 2.20 bits per heavy atom. The van der Waals surface area contributed by atoms with E-state index in [1.807, 2.05) is 12.1 Å². The molecule has 2 aromatic rings. The molecule has 0 atom stereocenters. The van der Waals surface area contributed by atoms with Gasteiger partial charge in [-0.25, -0.2) is 8.42 Å². The summed E-state index contributed by atoms with van der Waals surface area (Å²) in [6.45, 7) is 8.01. The van der Waals surface area contributed by atoms with Crippen LogP contribution in [0.1, 0.15) is 32.0 Å².